The van der Waals surface area contributed by atoms with Gasteiger partial charge in [-0.2, -0.15) is 18.2 Å². The van der Waals surface area contributed by atoms with Crippen LogP contribution in [0.1, 0.15) is 32.1 Å². The Morgan fingerprint density at radius 1 is 1.24 bits per heavy atom. The van der Waals surface area contributed by atoms with Gasteiger partial charge < -0.3 is 24.6 Å². The van der Waals surface area contributed by atoms with Crippen molar-refractivity contribution in [2.75, 3.05) is 30.4 Å². The maximum absolute atomic E-state index is 13.5. The van der Waals surface area contributed by atoms with Gasteiger partial charge in [-0.05, 0) is 26.3 Å². The first-order valence-electron chi connectivity index (χ1n) is 10.6. The topological polar surface area (TPSA) is 101 Å². The largest absolute Gasteiger partial charge is 0.395 e. The molecule has 1 aliphatic heterocycles. The molecule has 0 bridgehead atoms. The molecule has 3 aromatic heterocycles. The lowest BCUT2D eigenvalue weighted by Crippen LogP contribution is -2.50. The van der Waals surface area contributed by atoms with Crippen molar-refractivity contribution in [3.8, 4) is 0 Å². The molecule has 0 radical (unpaired) electrons. The molecule has 4 rings (SSSR count). The monoisotopic (exact) mass is 465 g/mol. The van der Waals surface area contributed by atoms with E-state index in [4.69, 9.17) is 4.74 Å². The Labute approximate surface area is 188 Å². The molecule has 0 amide bonds. The Morgan fingerprint density at radius 3 is 2.70 bits per heavy atom. The lowest BCUT2D eigenvalue weighted by Gasteiger charge is -2.38. The van der Waals surface area contributed by atoms with Crippen LogP contribution in [-0.4, -0.2) is 62.1 Å². The summed E-state index contributed by atoms with van der Waals surface area (Å²) in [6.07, 6.45) is -1.93. The molecule has 1 fully saturated rings. The molecule has 2 atom stereocenters. The normalized spacial score (nSPS) is 19.5. The molecular weight excluding hydrogens is 439 g/mol. The van der Waals surface area contributed by atoms with Gasteiger partial charge in [0.25, 0.3) is 0 Å². The Bertz CT molecular complexity index is 1120. The van der Waals surface area contributed by atoms with Gasteiger partial charge >= 0.3 is 6.18 Å². The van der Waals surface area contributed by atoms with Crippen molar-refractivity contribution in [1.29, 1.82) is 0 Å². The highest BCUT2D eigenvalue weighted by molar-refractivity contribution is 5.79. The third kappa shape index (κ3) is 4.71. The summed E-state index contributed by atoms with van der Waals surface area (Å²) in [4.78, 5) is 18.9. The van der Waals surface area contributed by atoms with Crippen LogP contribution < -0.4 is 10.2 Å². The minimum absolute atomic E-state index is 0.0784. The number of ether oxygens (including phenoxy) is 1. The number of aliphatic hydroxyl groups excluding tert-OH is 1. The van der Waals surface area contributed by atoms with Gasteiger partial charge in [-0.25, -0.2) is 15.0 Å². The van der Waals surface area contributed by atoms with Gasteiger partial charge in [-0.1, -0.05) is 0 Å². The summed E-state index contributed by atoms with van der Waals surface area (Å²) in [5.41, 5.74) is 1.45. The molecule has 3 aromatic rings. The number of alkyl halides is 3. The number of hydrogen-bond donors (Lipinski definition) is 2. The average molecular weight is 465 g/mol. The SMILES string of the molecule is CO[C@H]1CCN(c2nccc(Nc3cc4c(cn3)nc(CO)n4C(C)C)n2)C[C@H]1C(F)(F)F. The van der Waals surface area contributed by atoms with E-state index in [1.165, 1.54) is 18.2 Å². The fourth-order valence-electron chi connectivity index (χ4n) is 4.21. The molecule has 0 aliphatic carbocycles. The van der Waals surface area contributed by atoms with Crippen molar-refractivity contribution < 1.29 is 23.0 Å². The number of aromatic nitrogens is 5. The predicted molar refractivity (Wildman–Crippen MR) is 116 cm³/mol. The molecule has 9 nitrogen and oxygen atoms in total. The van der Waals surface area contributed by atoms with Crippen molar-refractivity contribution in [1.82, 2.24) is 24.5 Å². The Kier molecular flexibility index (Phi) is 6.39. The number of fused-ring (bicyclic) bond motifs is 1. The number of aliphatic hydroxyl groups is 1. The first kappa shape index (κ1) is 23.2. The van der Waals surface area contributed by atoms with Crippen LogP contribution in [0.3, 0.4) is 0 Å². The average Bonchev–Trinajstić information content (AvgIpc) is 3.16. The number of pyridine rings is 1. The van der Waals surface area contributed by atoms with Gasteiger partial charge in [-0.3, -0.25) is 0 Å². The van der Waals surface area contributed by atoms with Crippen LogP contribution >= 0.6 is 0 Å². The van der Waals surface area contributed by atoms with Crippen LogP contribution in [0.15, 0.2) is 24.5 Å². The number of nitrogens with zero attached hydrogens (tertiary/aromatic N) is 6. The van der Waals surface area contributed by atoms with E-state index in [9.17, 15) is 18.3 Å². The highest BCUT2D eigenvalue weighted by atomic mass is 19.4. The molecule has 1 saturated heterocycles. The standard InChI is InChI=1S/C21H26F3N7O2/c1-12(2)31-15-8-18(26-9-14(15)27-19(31)11-32)28-17-4-6-25-20(29-17)30-7-5-16(33-3)13(10-30)21(22,23)24/h4,6,8-9,12-13,16,32H,5,7,10-11H2,1-3H3,(H,25,26,28,29)/t13-,16+/m1/s1. The zero-order valence-electron chi connectivity index (χ0n) is 18.5. The maximum Gasteiger partial charge on any atom is 0.395 e. The summed E-state index contributed by atoms with van der Waals surface area (Å²) in [5.74, 6) is 0.0335. The number of anilines is 3. The van der Waals surface area contributed by atoms with E-state index in [0.717, 1.165) is 5.52 Å². The first-order chi connectivity index (χ1) is 15.7. The van der Waals surface area contributed by atoms with Crippen LogP contribution in [-0.2, 0) is 11.3 Å². The van der Waals surface area contributed by atoms with Gasteiger partial charge in [-0.15, -0.1) is 0 Å². The summed E-state index contributed by atoms with van der Waals surface area (Å²) in [7, 11) is 1.30. The fraction of sp³-hybridized carbons (Fsp3) is 0.524. The van der Waals surface area contributed by atoms with Crippen LogP contribution in [0, 0.1) is 5.92 Å². The highest BCUT2D eigenvalue weighted by Gasteiger charge is 2.48. The van der Waals surface area contributed by atoms with Crippen molar-refractivity contribution in [3.05, 3.63) is 30.4 Å². The minimum Gasteiger partial charge on any atom is -0.388 e. The zero-order valence-corrected chi connectivity index (χ0v) is 18.5. The molecule has 0 spiro atoms. The van der Waals surface area contributed by atoms with Crippen LogP contribution in [0.4, 0.5) is 30.8 Å². The van der Waals surface area contributed by atoms with Gasteiger partial charge in [0.1, 0.15) is 29.6 Å². The highest BCUT2D eigenvalue weighted by Crippen LogP contribution is 2.36. The third-order valence-electron chi connectivity index (χ3n) is 5.76. The van der Waals surface area contributed by atoms with E-state index in [1.807, 2.05) is 18.4 Å². The number of halogens is 3. The first-order valence-corrected chi connectivity index (χ1v) is 10.6. The van der Waals surface area contributed by atoms with Crippen molar-refractivity contribution >= 4 is 28.6 Å². The lowest BCUT2D eigenvalue weighted by atomic mass is 9.94. The molecule has 178 valence electrons. The van der Waals surface area contributed by atoms with E-state index in [0.29, 0.717) is 29.5 Å². The number of methoxy groups -OCH3 is 1. The minimum atomic E-state index is -4.37. The summed E-state index contributed by atoms with van der Waals surface area (Å²) in [5, 5.41) is 12.7. The maximum atomic E-state index is 13.5. The molecule has 33 heavy (non-hydrogen) atoms. The van der Waals surface area contributed by atoms with Crippen LogP contribution in [0.5, 0.6) is 0 Å². The summed E-state index contributed by atoms with van der Waals surface area (Å²) < 4.78 is 47.4. The molecule has 1 aliphatic rings. The molecule has 0 aromatic carbocycles. The van der Waals surface area contributed by atoms with Crippen molar-refractivity contribution in [3.63, 3.8) is 0 Å². The molecule has 0 saturated carbocycles. The molecule has 12 heteroatoms. The third-order valence-corrected chi connectivity index (χ3v) is 5.76. The quantitative estimate of drug-likeness (QED) is 0.571. The second-order valence-electron chi connectivity index (χ2n) is 8.23. The van der Waals surface area contributed by atoms with E-state index < -0.39 is 18.2 Å². The number of imidazole rings is 1. The number of rotatable bonds is 6. The zero-order chi connectivity index (χ0) is 23.8. The van der Waals surface area contributed by atoms with Gasteiger partial charge in [0.05, 0.1) is 23.7 Å². The van der Waals surface area contributed by atoms with E-state index in [1.54, 1.807) is 18.3 Å². The molecule has 0 unspecified atom stereocenters. The van der Waals surface area contributed by atoms with E-state index in [-0.39, 0.29) is 31.6 Å². The summed E-state index contributed by atoms with van der Waals surface area (Å²) in [6.45, 7) is 3.88. The van der Waals surface area contributed by atoms with E-state index in [2.05, 4.69) is 25.3 Å². The second kappa shape index (κ2) is 9.10. The van der Waals surface area contributed by atoms with Crippen LogP contribution in [0.25, 0.3) is 11.0 Å². The molecular formula is C21H26F3N7O2. The number of piperidine rings is 1. The Morgan fingerprint density at radius 2 is 2.03 bits per heavy atom. The Hall–Kier alpha value is -2.99. The number of hydrogen-bond acceptors (Lipinski definition) is 8. The molecule has 2 N–H and O–H groups in total. The lowest BCUT2D eigenvalue weighted by molar-refractivity contribution is -0.205. The fourth-order valence-corrected chi connectivity index (χ4v) is 4.21. The van der Waals surface area contributed by atoms with Gasteiger partial charge in [0.2, 0.25) is 5.95 Å². The van der Waals surface area contributed by atoms with Crippen molar-refractivity contribution in [2.45, 2.75) is 45.2 Å². The second-order valence-corrected chi connectivity index (χ2v) is 8.23. The van der Waals surface area contributed by atoms with E-state index >= 15 is 0 Å². The van der Waals surface area contributed by atoms with Crippen molar-refractivity contribution in [2.24, 2.45) is 5.92 Å². The summed E-state index contributed by atoms with van der Waals surface area (Å²) in [6, 6.07) is 3.50. The smallest absolute Gasteiger partial charge is 0.388 e. The van der Waals surface area contributed by atoms with Gasteiger partial charge in [0.15, 0.2) is 0 Å². The number of nitrogens with one attached hydrogen (secondary N) is 1. The van der Waals surface area contributed by atoms with Gasteiger partial charge in [0, 0.05) is 38.5 Å². The molecule has 4 heterocycles. The predicted octanol–water partition coefficient (Wildman–Crippen LogP) is 3.44. The Balaban J connectivity index is 1.57. The van der Waals surface area contributed by atoms with Crippen LogP contribution in [0.2, 0.25) is 0 Å². The summed E-state index contributed by atoms with van der Waals surface area (Å²) >= 11 is 0.